The van der Waals surface area contributed by atoms with Crippen LogP contribution in [0.25, 0.3) is 15.7 Å². The molecular formula is C29H22N6O. The normalized spacial score (nSPS) is 10.4. The van der Waals surface area contributed by atoms with Gasteiger partial charge in [-0.25, -0.2) is 4.85 Å². The fourth-order valence-electron chi connectivity index (χ4n) is 3.94. The Hall–Kier alpha value is -5.22. The van der Waals surface area contributed by atoms with Gasteiger partial charge in [-0.05, 0) is 79.2 Å². The van der Waals surface area contributed by atoms with Crippen LogP contribution in [0.15, 0.2) is 97.5 Å². The number of amides is 1. The zero-order valence-electron chi connectivity index (χ0n) is 19.5. The number of aromatic nitrogens is 2. The number of carbonyl (C=O) groups excluding carboxylic acids is 1. The van der Waals surface area contributed by atoms with Crippen molar-refractivity contribution in [2.75, 3.05) is 16.0 Å². The highest BCUT2D eigenvalue weighted by molar-refractivity contribution is 6.06. The number of aryl methyl sites for hydroxylation is 1. The van der Waals surface area contributed by atoms with Gasteiger partial charge in [0.15, 0.2) is 5.69 Å². The number of hydrogen-bond donors (Lipinski definition) is 3. The minimum atomic E-state index is -0.184. The van der Waals surface area contributed by atoms with Gasteiger partial charge in [0.05, 0.1) is 12.1 Å². The highest BCUT2D eigenvalue weighted by atomic mass is 16.1. The summed E-state index contributed by atoms with van der Waals surface area (Å²) in [5.74, 6) is -0.184. The highest BCUT2D eigenvalue weighted by Gasteiger charge is 2.11. The van der Waals surface area contributed by atoms with E-state index in [4.69, 9.17) is 6.57 Å². The molecule has 0 bridgehead atoms. The van der Waals surface area contributed by atoms with E-state index < -0.39 is 0 Å². The van der Waals surface area contributed by atoms with Crippen LogP contribution in [0.5, 0.6) is 0 Å². The van der Waals surface area contributed by atoms with E-state index in [-0.39, 0.29) is 5.91 Å². The highest BCUT2D eigenvalue weighted by Crippen LogP contribution is 2.29. The Balaban J connectivity index is 1.32. The molecule has 3 aromatic carbocycles. The number of carbonyl (C=O) groups is 1. The summed E-state index contributed by atoms with van der Waals surface area (Å²) in [7, 11) is 0. The van der Waals surface area contributed by atoms with E-state index in [9.17, 15) is 4.79 Å². The molecule has 0 unspecified atom stereocenters. The topological polar surface area (TPSA) is 83.3 Å². The summed E-state index contributed by atoms with van der Waals surface area (Å²) in [6, 6.07) is 24.2. The van der Waals surface area contributed by atoms with E-state index in [1.165, 1.54) is 0 Å². The van der Waals surface area contributed by atoms with Crippen molar-refractivity contribution in [2.24, 2.45) is 0 Å². The van der Waals surface area contributed by atoms with Crippen LogP contribution in [-0.4, -0.2) is 15.9 Å². The Kier molecular flexibility index (Phi) is 6.24. The van der Waals surface area contributed by atoms with Crippen LogP contribution in [0.2, 0.25) is 0 Å². The van der Waals surface area contributed by atoms with Gasteiger partial charge in [-0.15, -0.1) is 0 Å². The average Bonchev–Trinajstić information content (AvgIpc) is 2.89. The van der Waals surface area contributed by atoms with Crippen molar-refractivity contribution in [1.82, 2.24) is 9.97 Å². The standard InChI is InChI=1S/C29H22N6O/c1-19-16-24(34-28-12-15-32-27-9-7-21(30-2)18-26(27)28)6-8-25(19)29(36)35-23-5-3-4-22(17-23)33-20-10-13-31-14-11-20/h3-18H,1H3,(H,31,33)(H,32,34)(H,35,36). The third kappa shape index (κ3) is 4.98. The molecule has 2 aromatic heterocycles. The van der Waals surface area contributed by atoms with Gasteiger partial charge in [-0.1, -0.05) is 12.1 Å². The van der Waals surface area contributed by atoms with Gasteiger partial charge in [-0.3, -0.25) is 14.8 Å². The number of anilines is 5. The molecule has 36 heavy (non-hydrogen) atoms. The van der Waals surface area contributed by atoms with Crippen LogP contribution in [0.1, 0.15) is 15.9 Å². The third-order valence-corrected chi connectivity index (χ3v) is 5.69. The van der Waals surface area contributed by atoms with Crippen LogP contribution in [-0.2, 0) is 0 Å². The Morgan fingerprint density at radius 1 is 0.806 bits per heavy atom. The lowest BCUT2D eigenvalue weighted by molar-refractivity contribution is 0.102. The molecule has 0 spiro atoms. The summed E-state index contributed by atoms with van der Waals surface area (Å²) in [5, 5.41) is 10.5. The lowest BCUT2D eigenvalue weighted by atomic mass is 10.1. The summed E-state index contributed by atoms with van der Waals surface area (Å²) in [6.07, 6.45) is 5.17. The van der Waals surface area contributed by atoms with E-state index in [2.05, 4.69) is 30.8 Å². The maximum absolute atomic E-state index is 13.0. The van der Waals surface area contributed by atoms with Crippen LogP contribution >= 0.6 is 0 Å². The molecule has 0 saturated heterocycles. The van der Waals surface area contributed by atoms with Crippen LogP contribution in [0, 0.1) is 13.5 Å². The minimum absolute atomic E-state index is 0.184. The molecule has 0 aliphatic rings. The number of nitrogens with zero attached hydrogens (tertiary/aromatic N) is 3. The first-order valence-corrected chi connectivity index (χ1v) is 11.3. The van der Waals surface area contributed by atoms with Crippen molar-refractivity contribution < 1.29 is 4.79 Å². The number of fused-ring (bicyclic) bond motifs is 1. The molecule has 0 fully saturated rings. The lowest BCUT2D eigenvalue weighted by Crippen LogP contribution is -2.13. The van der Waals surface area contributed by atoms with Gasteiger partial charge < -0.3 is 16.0 Å². The molecule has 174 valence electrons. The molecule has 0 atom stereocenters. The molecule has 5 rings (SSSR count). The molecule has 0 aliphatic heterocycles. The first-order chi connectivity index (χ1) is 17.6. The smallest absolute Gasteiger partial charge is 0.255 e. The Bertz CT molecular complexity index is 1610. The number of nitrogens with one attached hydrogen (secondary N) is 3. The zero-order chi connectivity index (χ0) is 24.9. The molecule has 2 heterocycles. The second kappa shape index (κ2) is 9.95. The van der Waals surface area contributed by atoms with Crippen molar-refractivity contribution >= 4 is 50.9 Å². The van der Waals surface area contributed by atoms with E-state index in [0.29, 0.717) is 16.9 Å². The molecule has 7 nitrogen and oxygen atoms in total. The molecule has 0 saturated carbocycles. The molecule has 3 N–H and O–H groups in total. The van der Waals surface area contributed by atoms with E-state index in [1.807, 2.05) is 73.7 Å². The molecule has 7 heteroatoms. The van der Waals surface area contributed by atoms with Crippen LogP contribution < -0.4 is 16.0 Å². The first kappa shape index (κ1) is 22.6. The van der Waals surface area contributed by atoms with Gasteiger partial charge in [0.25, 0.3) is 5.91 Å². The minimum Gasteiger partial charge on any atom is -0.355 e. The fraction of sp³-hybridized carbons (Fsp3) is 0.0345. The molecule has 0 aliphatic carbocycles. The van der Waals surface area contributed by atoms with E-state index in [0.717, 1.165) is 39.2 Å². The van der Waals surface area contributed by atoms with Crippen molar-refractivity contribution in [3.05, 3.63) is 120 Å². The Morgan fingerprint density at radius 2 is 1.61 bits per heavy atom. The zero-order valence-corrected chi connectivity index (χ0v) is 19.5. The monoisotopic (exact) mass is 470 g/mol. The van der Waals surface area contributed by atoms with Gasteiger partial charge in [0.2, 0.25) is 0 Å². The lowest BCUT2D eigenvalue weighted by Gasteiger charge is -2.13. The van der Waals surface area contributed by atoms with Crippen molar-refractivity contribution in [2.45, 2.75) is 6.92 Å². The van der Waals surface area contributed by atoms with Gasteiger partial charge in [0, 0.05) is 58.0 Å². The Labute approximate surface area is 208 Å². The summed E-state index contributed by atoms with van der Waals surface area (Å²) in [4.78, 5) is 24.9. The van der Waals surface area contributed by atoms with Gasteiger partial charge in [-0.2, -0.15) is 0 Å². The number of benzene rings is 3. The van der Waals surface area contributed by atoms with Crippen molar-refractivity contribution in [3.8, 4) is 0 Å². The average molecular weight is 471 g/mol. The predicted molar refractivity (Wildman–Crippen MR) is 144 cm³/mol. The largest absolute Gasteiger partial charge is 0.355 e. The second-order valence-electron chi connectivity index (χ2n) is 8.22. The maximum Gasteiger partial charge on any atom is 0.255 e. The number of pyridine rings is 2. The molecular weight excluding hydrogens is 448 g/mol. The van der Waals surface area contributed by atoms with Crippen molar-refractivity contribution in [3.63, 3.8) is 0 Å². The first-order valence-electron chi connectivity index (χ1n) is 11.3. The number of hydrogen-bond acceptors (Lipinski definition) is 5. The van der Waals surface area contributed by atoms with Crippen LogP contribution in [0.3, 0.4) is 0 Å². The number of rotatable bonds is 6. The second-order valence-corrected chi connectivity index (χ2v) is 8.22. The quantitative estimate of drug-likeness (QED) is 0.228. The van der Waals surface area contributed by atoms with E-state index >= 15 is 0 Å². The predicted octanol–water partition coefficient (Wildman–Crippen LogP) is 7.23. The van der Waals surface area contributed by atoms with Crippen molar-refractivity contribution in [1.29, 1.82) is 0 Å². The van der Waals surface area contributed by atoms with E-state index in [1.54, 1.807) is 30.7 Å². The molecule has 1 amide bonds. The summed E-state index contributed by atoms with van der Waals surface area (Å²) in [5.41, 5.74) is 6.95. The summed E-state index contributed by atoms with van der Waals surface area (Å²) in [6.45, 7) is 9.19. The summed E-state index contributed by atoms with van der Waals surface area (Å²) < 4.78 is 0. The van der Waals surface area contributed by atoms with Crippen LogP contribution in [0.4, 0.5) is 34.1 Å². The molecule has 0 radical (unpaired) electrons. The summed E-state index contributed by atoms with van der Waals surface area (Å²) >= 11 is 0. The third-order valence-electron chi connectivity index (χ3n) is 5.69. The van der Waals surface area contributed by atoms with Gasteiger partial charge in [0.1, 0.15) is 0 Å². The maximum atomic E-state index is 13.0. The SMILES string of the molecule is [C-]#[N+]c1ccc2nccc(Nc3ccc(C(=O)Nc4cccc(Nc5ccncc5)c4)c(C)c3)c2c1. The Morgan fingerprint density at radius 3 is 2.42 bits per heavy atom. The molecule has 5 aromatic rings. The fourth-order valence-corrected chi connectivity index (χ4v) is 3.94. The van der Waals surface area contributed by atoms with Gasteiger partial charge >= 0.3 is 0 Å².